The van der Waals surface area contributed by atoms with Crippen molar-refractivity contribution < 1.29 is 27.8 Å². The Kier molecular flexibility index (Phi) is 7.85. The van der Waals surface area contributed by atoms with E-state index in [1.807, 2.05) is 6.92 Å². The van der Waals surface area contributed by atoms with Crippen molar-refractivity contribution in [1.29, 1.82) is 0 Å². The van der Waals surface area contributed by atoms with E-state index in [1.54, 1.807) is 36.4 Å². The smallest absolute Gasteiger partial charge is 0.387 e. The third kappa shape index (κ3) is 6.44. The van der Waals surface area contributed by atoms with Crippen LogP contribution in [-0.4, -0.2) is 32.8 Å². The fourth-order valence-corrected chi connectivity index (χ4v) is 2.41. The summed E-state index contributed by atoms with van der Waals surface area (Å²) in [6.07, 6.45) is 1.44. The van der Waals surface area contributed by atoms with Gasteiger partial charge in [0.05, 0.1) is 13.7 Å². The molecule has 0 aliphatic heterocycles. The largest absolute Gasteiger partial charge is 0.494 e. The van der Waals surface area contributed by atoms with Crippen LogP contribution in [0.5, 0.6) is 17.2 Å². The number of alkyl halides is 2. The van der Waals surface area contributed by atoms with Gasteiger partial charge in [-0.3, -0.25) is 4.79 Å². The molecule has 27 heavy (non-hydrogen) atoms. The third-order valence-electron chi connectivity index (χ3n) is 3.73. The lowest BCUT2D eigenvalue weighted by atomic mass is 10.1. The minimum atomic E-state index is -2.91. The molecular weight excluding hydrogens is 356 g/mol. The zero-order valence-corrected chi connectivity index (χ0v) is 15.3. The molecular formula is C20H23F2NO4. The van der Waals surface area contributed by atoms with Crippen LogP contribution in [0.2, 0.25) is 0 Å². The molecule has 0 unspecified atom stereocenters. The predicted octanol–water partition coefficient (Wildman–Crippen LogP) is 4.06. The van der Waals surface area contributed by atoms with Crippen molar-refractivity contribution in [3.8, 4) is 17.2 Å². The molecule has 0 saturated heterocycles. The summed E-state index contributed by atoms with van der Waals surface area (Å²) in [7, 11) is 1.38. The van der Waals surface area contributed by atoms with Gasteiger partial charge in [0.2, 0.25) is 0 Å². The van der Waals surface area contributed by atoms with E-state index < -0.39 is 6.61 Å². The van der Waals surface area contributed by atoms with E-state index in [0.717, 1.165) is 17.7 Å². The molecule has 1 amide bonds. The molecule has 0 spiro atoms. The van der Waals surface area contributed by atoms with E-state index in [1.165, 1.54) is 13.2 Å². The second kappa shape index (κ2) is 10.4. The lowest BCUT2D eigenvalue weighted by Crippen LogP contribution is -2.25. The molecule has 5 nitrogen and oxygen atoms in total. The van der Waals surface area contributed by atoms with Gasteiger partial charge in [-0.1, -0.05) is 13.0 Å². The molecule has 0 saturated carbocycles. The molecule has 0 aromatic heterocycles. The van der Waals surface area contributed by atoms with Crippen LogP contribution >= 0.6 is 0 Å². The van der Waals surface area contributed by atoms with Gasteiger partial charge < -0.3 is 19.5 Å². The Labute approximate surface area is 157 Å². The average molecular weight is 379 g/mol. The number of benzene rings is 2. The number of hydrogen-bond acceptors (Lipinski definition) is 4. The summed E-state index contributed by atoms with van der Waals surface area (Å²) in [6, 6.07) is 11.6. The highest BCUT2D eigenvalue weighted by Gasteiger charge is 2.11. The molecule has 0 fully saturated rings. The van der Waals surface area contributed by atoms with Gasteiger partial charge in [-0.05, 0) is 54.8 Å². The van der Waals surface area contributed by atoms with E-state index in [4.69, 9.17) is 9.47 Å². The maximum atomic E-state index is 12.3. The zero-order chi connectivity index (χ0) is 19.6. The molecule has 146 valence electrons. The number of carbonyl (C=O) groups excluding carboxylic acids is 1. The van der Waals surface area contributed by atoms with E-state index in [-0.39, 0.29) is 17.4 Å². The van der Waals surface area contributed by atoms with Crippen LogP contribution in [0.4, 0.5) is 8.78 Å². The zero-order valence-electron chi connectivity index (χ0n) is 15.3. The van der Waals surface area contributed by atoms with E-state index >= 15 is 0 Å². The third-order valence-corrected chi connectivity index (χ3v) is 3.73. The standard InChI is InChI=1S/C20H23F2NO4/c1-3-12-26-16-7-5-15(6-8-16)19(24)23-11-10-14-4-9-17(27-20(21)22)18(13-14)25-2/h4-9,13,20H,3,10-12H2,1-2H3,(H,23,24). The lowest BCUT2D eigenvalue weighted by molar-refractivity contribution is -0.0512. The van der Waals surface area contributed by atoms with E-state index in [0.29, 0.717) is 25.1 Å². The summed E-state index contributed by atoms with van der Waals surface area (Å²) >= 11 is 0. The van der Waals surface area contributed by atoms with Crippen molar-refractivity contribution in [3.63, 3.8) is 0 Å². The number of hydrogen-bond donors (Lipinski definition) is 1. The second-order valence-electron chi connectivity index (χ2n) is 5.74. The molecule has 2 aromatic rings. The summed E-state index contributed by atoms with van der Waals surface area (Å²) in [5.74, 6) is 0.737. The first kappa shape index (κ1) is 20.5. The number of nitrogens with one attached hydrogen (secondary N) is 1. The maximum absolute atomic E-state index is 12.3. The average Bonchev–Trinajstić information content (AvgIpc) is 2.67. The number of rotatable bonds is 10. The molecule has 0 radical (unpaired) electrons. The molecule has 1 N–H and O–H groups in total. The van der Waals surface area contributed by atoms with Gasteiger partial charge >= 0.3 is 6.61 Å². The SMILES string of the molecule is CCCOc1ccc(C(=O)NCCc2ccc(OC(F)F)c(OC)c2)cc1. The van der Waals surface area contributed by atoms with Crippen LogP contribution in [0.1, 0.15) is 29.3 Å². The molecule has 0 aliphatic rings. The molecule has 2 rings (SSSR count). The van der Waals surface area contributed by atoms with Crippen molar-refractivity contribution in [2.45, 2.75) is 26.4 Å². The Hall–Kier alpha value is -2.83. The highest BCUT2D eigenvalue weighted by Crippen LogP contribution is 2.29. The summed E-state index contributed by atoms with van der Waals surface area (Å²) in [5, 5.41) is 2.82. The van der Waals surface area contributed by atoms with E-state index in [9.17, 15) is 13.6 Å². The van der Waals surface area contributed by atoms with E-state index in [2.05, 4.69) is 10.1 Å². The van der Waals surface area contributed by atoms with Crippen molar-refractivity contribution in [2.75, 3.05) is 20.3 Å². The summed E-state index contributed by atoms with van der Waals surface area (Å²) in [5.41, 5.74) is 1.37. The molecule has 7 heteroatoms. The molecule has 0 atom stereocenters. The highest BCUT2D eigenvalue weighted by atomic mass is 19.3. The Morgan fingerprint density at radius 2 is 1.85 bits per heavy atom. The van der Waals surface area contributed by atoms with Crippen LogP contribution in [0, 0.1) is 0 Å². The van der Waals surface area contributed by atoms with Crippen LogP contribution < -0.4 is 19.5 Å². The summed E-state index contributed by atoms with van der Waals surface area (Å²) in [6.45, 7) is 0.140. The Bertz CT molecular complexity index is 735. The minimum Gasteiger partial charge on any atom is -0.494 e. The highest BCUT2D eigenvalue weighted by molar-refractivity contribution is 5.94. The number of ether oxygens (including phenoxy) is 3. The first-order chi connectivity index (χ1) is 13.0. The van der Waals surface area contributed by atoms with Gasteiger partial charge in [0.1, 0.15) is 5.75 Å². The lowest BCUT2D eigenvalue weighted by Gasteiger charge is -2.12. The van der Waals surface area contributed by atoms with Crippen molar-refractivity contribution in [1.82, 2.24) is 5.32 Å². The number of carbonyl (C=O) groups is 1. The molecule has 2 aromatic carbocycles. The summed E-state index contributed by atoms with van der Waals surface area (Å²) < 4.78 is 39.6. The Morgan fingerprint density at radius 1 is 1.11 bits per heavy atom. The fraction of sp³-hybridized carbons (Fsp3) is 0.350. The summed E-state index contributed by atoms with van der Waals surface area (Å²) in [4.78, 5) is 12.2. The molecule has 0 heterocycles. The quantitative estimate of drug-likeness (QED) is 0.676. The fourth-order valence-electron chi connectivity index (χ4n) is 2.41. The number of methoxy groups -OCH3 is 1. The first-order valence-corrected chi connectivity index (χ1v) is 8.66. The van der Waals surface area contributed by atoms with Gasteiger partial charge in [-0.2, -0.15) is 8.78 Å². The molecule has 0 aliphatic carbocycles. The van der Waals surface area contributed by atoms with Crippen molar-refractivity contribution >= 4 is 5.91 Å². The predicted molar refractivity (Wildman–Crippen MR) is 97.9 cm³/mol. The Morgan fingerprint density at radius 3 is 2.48 bits per heavy atom. The maximum Gasteiger partial charge on any atom is 0.387 e. The molecule has 0 bridgehead atoms. The van der Waals surface area contributed by atoms with Crippen LogP contribution in [0.25, 0.3) is 0 Å². The van der Waals surface area contributed by atoms with Crippen molar-refractivity contribution in [2.24, 2.45) is 0 Å². The van der Waals surface area contributed by atoms with Crippen molar-refractivity contribution in [3.05, 3.63) is 53.6 Å². The van der Waals surface area contributed by atoms with Gasteiger partial charge in [0.25, 0.3) is 5.91 Å². The van der Waals surface area contributed by atoms with Crippen LogP contribution in [-0.2, 0) is 6.42 Å². The number of amides is 1. The number of halogens is 2. The van der Waals surface area contributed by atoms with Gasteiger partial charge in [0, 0.05) is 12.1 Å². The van der Waals surface area contributed by atoms with Gasteiger partial charge in [-0.15, -0.1) is 0 Å². The van der Waals surface area contributed by atoms with Gasteiger partial charge in [-0.25, -0.2) is 0 Å². The topological polar surface area (TPSA) is 56.8 Å². The monoisotopic (exact) mass is 379 g/mol. The van der Waals surface area contributed by atoms with Crippen LogP contribution in [0.3, 0.4) is 0 Å². The second-order valence-corrected chi connectivity index (χ2v) is 5.74. The normalized spacial score (nSPS) is 10.6. The Balaban J connectivity index is 1.87. The minimum absolute atomic E-state index is 0.0225. The first-order valence-electron chi connectivity index (χ1n) is 8.66. The van der Waals surface area contributed by atoms with Crippen LogP contribution in [0.15, 0.2) is 42.5 Å². The van der Waals surface area contributed by atoms with Gasteiger partial charge in [0.15, 0.2) is 11.5 Å².